The second kappa shape index (κ2) is 3.46. The van der Waals surface area contributed by atoms with Gasteiger partial charge in [-0.05, 0) is 24.4 Å². The third-order valence-electron chi connectivity index (χ3n) is 2.26. The normalized spacial score (nSPS) is 22.7. The number of hydrogen-bond acceptors (Lipinski definition) is 2. The van der Waals surface area contributed by atoms with Crippen molar-refractivity contribution in [3.8, 4) is 0 Å². The van der Waals surface area contributed by atoms with E-state index < -0.39 is 5.60 Å². The summed E-state index contributed by atoms with van der Waals surface area (Å²) in [5.74, 6) is 0.366. The number of aliphatic hydroxyl groups is 1. The summed E-state index contributed by atoms with van der Waals surface area (Å²) < 4.78 is 1.83. The molecule has 14 heavy (non-hydrogen) atoms. The third-order valence-corrected chi connectivity index (χ3v) is 2.26. The van der Waals surface area contributed by atoms with Crippen LogP contribution in [0.2, 0.25) is 0 Å². The first-order chi connectivity index (χ1) is 6.18. The van der Waals surface area contributed by atoms with Gasteiger partial charge in [0.15, 0.2) is 6.21 Å². The van der Waals surface area contributed by atoms with Gasteiger partial charge in [-0.2, -0.15) is 0 Å². The minimum absolute atomic E-state index is 0.206. The molecule has 0 aromatic carbocycles. The van der Waals surface area contributed by atoms with Crippen molar-refractivity contribution in [1.29, 1.82) is 0 Å². The molecule has 1 aliphatic rings. The number of nitrogens with zero attached hydrogens (tertiary/aromatic N) is 2. The molecule has 1 aliphatic heterocycles. The zero-order valence-electron chi connectivity index (χ0n) is 9.78. The summed E-state index contributed by atoms with van der Waals surface area (Å²) >= 11 is 0. The zero-order valence-corrected chi connectivity index (χ0v) is 9.78. The minimum Gasteiger partial charge on any atom is -0.384 e. The molecule has 1 heterocycles. The van der Waals surface area contributed by atoms with Gasteiger partial charge in [0.05, 0.1) is 12.1 Å². The van der Waals surface area contributed by atoms with E-state index in [1.54, 1.807) is 13.8 Å². The van der Waals surface area contributed by atoms with E-state index in [-0.39, 0.29) is 5.41 Å². The molecular formula is C11H21N2O+. The monoisotopic (exact) mass is 197 g/mol. The maximum Gasteiger partial charge on any atom is 0.201 e. The van der Waals surface area contributed by atoms with E-state index in [1.807, 2.05) is 10.9 Å². The van der Waals surface area contributed by atoms with Crippen LogP contribution in [0.1, 0.15) is 34.6 Å². The molecule has 1 N–H and O–H groups in total. The van der Waals surface area contributed by atoms with Crippen molar-refractivity contribution in [3.63, 3.8) is 0 Å². The van der Waals surface area contributed by atoms with Gasteiger partial charge in [0.1, 0.15) is 5.60 Å². The average molecular weight is 197 g/mol. The molecule has 0 aliphatic carbocycles. The molecule has 0 fully saturated rings. The quantitative estimate of drug-likeness (QED) is 0.669. The molecule has 1 rings (SSSR count). The summed E-state index contributed by atoms with van der Waals surface area (Å²) in [6.45, 7) is 10.7. The lowest BCUT2D eigenvalue weighted by Gasteiger charge is -2.19. The Bertz CT molecular complexity index is 266. The van der Waals surface area contributed by atoms with Crippen LogP contribution >= 0.6 is 0 Å². The Balaban J connectivity index is 2.66. The fraction of sp³-hybridized carbons (Fsp3) is 0.818. The Hall–Kier alpha value is -0.700. The summed E-state index contributed by atoms with van der Waals surface area (Å²) in [6, 6.07) is 0. The molecule has 3 nitrogen and oxygen atoms in total. The van der Waals surface area contributed by atoms with E-state index in [1.165, 1.54) is 0 Å². The van der Waals surface area contributed by atoms with Gasteiger partial charge in [-0.25, -0.2) is 0 Å². The van der Waals surface area contributed by atoms with Gasteiger partial charge < -0.3 is 5.11 Å². The van der Waals surface area contributed by atoms with E-state index in [9.17, 15) is 5.11 Å². The summed E-state index contributed by atoms with van der Waals surface area (Å²) in [7, 11) is 0. The van der Waals surface area contributed by atoms with Crippen molar-refractivity contribution in [2.24, 2.45) is 16.4 Å². The van der Waals surface area contributed by atoms with E-state index in [2.05, 4.69) is 32.1 Å². The first-order valence-electron chi connectivity index (χ1n) is 5.07. The largest absolute Gasteiger partial charge is 0.384 e. The predicted molar refractivity (Wildman–Crippen MR) is 58.9 cm³/mol. The molecule has 0 radical (unpaired) electrons. The van der Waals surface area contributed by atoms with E-state index in [0.717, 1.165) is 0 Å². The van der Waals surface area contributed by atoms with E-state index in [4.69, 9.17) is 0 Å². The summed E-state index contributed by atoms with van der Waals surface area (Å²) in [6.07, 6.45) is 4.03. The molecule has 1 unspecified atom stereocenters. The Labute approximate surface area is 86.1 Å². The molecular weight excluding hydrogens is 176 g/mol. The highest BCUT2D eigenvalue weighted by atomic mass is 16.3. The van der Waals surface area contributed by atoms with Crippen molar-refractivity contribution in [2.45, 2.75) is 40.2 Å². The predicted octanol–water partition coefficient (Wildman–Crippen LogP) is 1.50. The zero-order chi connectivity index (χ0) is 11.0. The molecule has 0 aromatic heterocycles. The Morgan fingerprint density at radius 2 is 1.86 bits per heavy atom. The second-order valence-electron chi connectivity index (χ2n) is 5.72. The van der Waals surface area contributed by atoms with Crippen molar-refractivity contribution in [2.75, 3.05) is 6.54 Å². The third kappa shape index (κ3) is 3.22. The van der Waals surface area contributed by atoms with Crippen LogP contribution in [0.3, 0.4) is 0 Å². The molecule has 0 saturated heterocycles. The summed E-state index contributed by atoms with van der Waals surface area (Å²) in [4.78, 5) is 0. The topological polar surface area (TPSA) is 35.6 Å². The molecule has 0 bridgehead atoms. The lowest BCUT2D eigenvalue weighted by atomic mass is 9.83. The fourth-order valence-electron chi connectivity index (χ4n) is 1.36. The van der Waals surface area contributed by atoms with Crippen LogP contribution in [0.15, 0.2) is 5.10 Å². The average Bonchev–Trinajstić information content (AvgIpc) is 2.29. The number of β-amino-alcohol motifs (C(OH)–C–C–N with tert-alkyl or cyclic N) is 1. The highest BCUT2D eigenvalue weighted by molar-refractivity contribution is 5.84. The standard InChI is InChI=1S/C11H21N2O/c1-10(2,3)9-6-12-13(7-9)8-11(4,5)14/h6-7,9,14H,8H2,1-5H3/q+1. The van der Waals surface area contributed by atoms with Crippen molar-refractivity contribution >= 4 is 12.4 Å². The van der Waals surface area contributed by atoms with E-state index in [0.29, 0.717) is 12.5 Å². The summed E-state index contributed by atoms with van der Waals surface area (Å²) in [5, 5.41) is 13.9. The maximum absolute atomic E-state index is 9.63. The van der Waals surface area contributed by atoms with Gasteiger partial charge in [-0.15, -0.1) is 0 Å². The van der Waals surface area contributed by atoms with Crippen molar-refractivity contribution < 1.29 is 9.79 Å². The Morgan fingerprint density at radius 3 is 2.21 bits per heavy atom. The SMILES string of the molecule is CC(C)(O)C[N+]1=CC(C(C)(C)C)C=N1. The molecule has 1 atom stereocenters. The molecule has 0 aromatic rings. The number of rotatable bonds is 2. The minimum atomic E-state index is -0.694. The van der Waals surface area contributed by atoms with Gasteiger partial charge >= 0.3 is 0 Å². The lowest BCUT2D eigenvalue weighted by Crippen LogP contribution is -2.31. The van der Waals surface area contributed by atoms with Crippen LogP contribution in [0.4, 0.5) is 0 Å². The van der Waals surface area contributed by atoms with E-state index >= 15 is 0 Å². The van der Waals surface area contributed by atoms with Crippen molar-refractivity contribution in [1.82, 2.24) is 0 Å². The molecule has 3 heteroatoms. The lowest BCUT2D eigenvalue weighted by molar-refractivity contribution is -0.542. The van der Waals surface area contributed by atoms with Crippen LogP contribution in [-0.2, 0) is 0 Å². The van der Waals surface area contributed by atoms with Gasteiger partial charge in [0.2, 0.25) is 6.54 Å². The highest BCUT2D eigenvalue weighted by Gasteiger charge is 2.32. The van der Waals surface area contributed by atoms with Gasteiger partial charge in [0, 0.05) is 0 Å². The fourth-order valence-corrected chi connectivity index (χ4v) is 1.36. The summed E-state index contributed by atoms with van der Waals surface area (Å²) in [5.41, 5.74) is -0.488. The number of hydrazone groups is 1. The maximum atomic E-state index is 9.63. The van der Waals surface area contributed by atoms with Gasteiger partial charge in [-0.1, -0.05) is 25.5 Å². The molecule has 0 amide bonds. The van der Waals surface area contributed by atoms with Crippen LogP contribution in [0.5, 0.6) is 0 Å². The second-order valence-corrected chi connectivity index (χ2v) is 5.72. The van der Waals surface area contributed by atoms with Crippen LogP contribution < -0.4 is 0 Å². The van der Waals surface area contributed by atoms with Crippen LogP contribution in [0, 0.1) is 11.3 Å². The Kier molecular flexibility index (Phi) is 2.81. The number of hydrogen-bond donors (Lipinski definition) is 1. The molecule has 0 spiro atoms. The first kappa shape index (κ1) is 11.4. The first-order valence-corrected chi connectivity index (χ1v) is 5.07. The van der Waals surface area contributed by atoms with Gasteiger partial charge in [0.25, 0.3) is 0 Å². The van der Waals surface area contributed by atoms with Crippen LogP contribution in [0.25, 0.3) is 0 Å². The smallest absolute Gasteiger partial charge is 0.201 e. The van der Waals surface area contributed by atoms with Crippen LogP contribution in [-0.4, -0.2) is 34.4 Å². The highest BCUT2D eigenvalue weighted by Crippen LogP contribution is 2.24. The molecule has 0 saturated carbocycles. The molecule has 80 valence electrons. The van der Waals surface area contributed by atoms with Gasteiger partial charge in [-0.3, -0.25) is 0 Å². The van der Waals surface area contributed by atoms with Crippen molar-refractivity contribution in [3.05, 3.63) is 0 Å². The Morgan fingerprint density at radius 1 is 1.29 bits per heavy atom.